The van der Waals surface area contributed by atoms with Crippen LogP contribution in [0.2, 0.25) is 0 Å². The van der Waals surface area contributed by atoms with E-state index in [1.165, 1.54) is 0 Å². The molecule has 6 nitrogen and oxygen atoms in total. The van der Waals surface area contributed by atoms with Gasteiger partial charge in [-0.25, -0.2) is 0 Å². The molecule has 1 aliphatic rings. The van der Waals surface area contributed by atoms with E-state index < -0.39 is 12.0 Å². The van der Waals surface area contributed by atoms with Crippen molar-refractivity contribution in [2.75, 3.05) is 11.9 Å². The Bertz CT molecular complexity index is 800. The van der Waals surface area contributed by atoms with E-state index in [0.29, 0.717) is 23.9 Å². The van der Waals surface area contributed by atoms with Crippen molar-refractivity contribution in [2.45, 2.75) is 71.7 Å². The summed E-state index contributed by atoms with van der Waals surface area (Å²) in [6.45, 7) is 8.53. The molecule has 27 heavy (non-hydrogen) atoms. The first kappa shape index (κ1) is 19.9. The molecule has 1 N–H and O–H groups in total. The minimum atomic E-state index is -4.61. The second-order valence-corrected chi connectivity index (χ2v) is 7.21. The zero-order chi connectivity index (χ0) is 19.8. The number of aromatic nitrogens is 4. The number of anilines is 1. The van der Waals surface area contributed by atoms with E-state index in [1.807, 2.05) is 6.92 Å². The zero-order valence-electron chi connectivity index (χ0n) is 16.1. The number of aryl methyl sites for hydroxylation is 1. The summed E-state index contributed by atoms with van der Waals surface area (Å²) in [7, 11) is 0. The van der Waals surface area contributed by atoms with Crippen molar-refractivity contribution in [2.24, 2.45) is 5.92 Å². The summed E-state index contributed by atoms with van der Waals surface area (Å²) in [4.78, 5) is 0. The number of hydrogen-bond acceptors (Lipinski definition) is 5. The third-order valence-electron chi connectivity index (χ3n) is 5.58. The van der Waals surface area contributed by atoms with Gasteiger partial charge in [0.05, 0.1) is 6.10 Å². The minimum absolute atomic E-state index is 0.109. The van der Waals surface area contributed by atoms with Crippen LogP contribution < -0.4 is 5.32 Å². The van der Waals surface area contributed by atoms with Crippen molar-refractivity contribution < 1.29 is 17.9 Å². The summed E-state index contributed by atoms with van der Waals surface area (Å²) in [6.07, 6.45) is -0.734. The molecule has 0 amide bonds. The molecule has 9 heteroatoms. The summed E-state index contributed by atoms with van der Waals surface area (Å²) >= 11 is 0. The number of rotatable bonds is 5. The van der Waals surface area contributed by atoms with Crippen molar-refractivity contribution in [3.8, 4) is 0 Å². The third kappa shape index (κ3) is 3.88. The molecule has 0 bridgehead atoms. The van der Waals surface area contributed by atoms with Crippen molar-refractivity contribution in [1.82, 2.24) is 19.8 Å². The van der Waals surface area contributed by atoms with E-state index in [4.69, 9.17) is 4.74 Å². The fourth-order valence-electron chi connectivity index (χ4n) is 3.74. The first-order valence-corrected chi connectivity index (χ1v) is 9.44. The Hall–Kier alpha value is -1.90. The van der Waals surface area contributed by atoms with Crippen molar-refractivity contribution in [3.63, 3.8) is 0 Å². The van der Waals surface area contributed by atoms with Gasteiger partial charge in [0.15, 0.2) is 11.5 Å². The second-order valence-electron chi connectivity index (χ2n) is 7.21. The average Bonchev–Trinajstić information content (AvgIpc) is 3.05. The van der Waals surface area contributed by atoms with Gasteiger partial charge in [0.1, 0.15) is 0 Å². The van der Waals surface area contributed by atoms with E-state index >= 15 is 0 Å². The summed E-state index contributed by atoms with van der Waals surface area (Å²) < 4.78 is 46.3. The van der Waals surface area contributed by atoms with Crippen LogP contribution in [0.4, 0.5) is 19.0 Å². The van der Waals surface area contributed by atoms with Gasteiger partial charge in [-0.15, -0.1) is 15.3 Å². The second kappa shape index (κ2) is 7.61. The highest BCUT2D eigenvalue weighted by molar-refractivity contribution is 5.58. The zero-order valence-corrected chi connectivity index (χ0v) is 16.1. The predicted molar refractivity (Wildman–Crippen MR) is 95.7 cm³/mol. The maximum Gasteiger partial charge on any atom is 0.453 e. The number of fused-ring (bicyclic) bond motifs is 1. The van der Waals surface area contributed by atoms with Gasteiger partial charge < -0.3 is 10.1 Å². The van der Waals surface area contributed by atoms with Crippen LogP contribution in [-0.4, -0.2) is 38.6 Å². The molecule has 0 aliphatic carbocycles. The van der Waals surface area contributed by atoms with Gasteiger partial charge in [-0.05, 0) is 38.2 Å². The van der Waals surface area contributed by atoms with Crippen LogP contribution in [-0.2, 0) is 10.9 Å². The van der Waals surface area contributed by atoms with Crippen LogP contribution in [0.25, 0.3) is 5.65 Å². The first-order chi connectivity index (χ1) is 12.8. The Morgan fingerprint density at radius 1 is 1.19 bits per heavy atom. The molecule has 2 atom stereocenters. The molecular formula is C18H26F3N5O. The van der Waals surface area contributed by atoms with Crippen LogP contribution in [0, 0.1) is 19.8 Å². The van der Waals surface area contributed by atoms with E-state index in [-0.39, 0.29) is 17.8 Å². The number of halogens is 3. The van der Waals surface area contributed by atoms with Crippen LogP contribution in [0.15, 0.2) is 0 Å². The van der Waals surface area contributed by atoms with Gasteiger partial charge >= 0.3 is 6.18 Å². The van der Waals surface area contributed by atoms with Gasteiger partial charge in [0.2, 0.25) is 0 Å². The monoisotopic (exact) mass is 385 g/mol. The molecule has 150 valence electrons. The number of ether oxygens (including phenoxy) is 1. The van der Waals surface area contributed by atoms with Gasteiger partial charge in [0, 0.05) is 18.2 Å². The maximum atomic E-state index is 13.2. The Labute approximate surface area is 156 Å². The lowest BCUT2D eigenvalue weighted by Crippen LogP contribution is -2.38. The lowest BCUT2D eigenvalue weighted by Gasteiger charge is -2.35. The lowest BCUT2D eigenvalue weighted by atomic mass is 9.89. The normalized spacial score (nSPS) is 21.2. The van der Waals surface area contributed by atoms with Gasteiger partial charge in [-0.3, -0.25) is 0 Å². The minimum Gasteiger partial charge on any atom is -0.378 e. The molecule has 1 aliphatic heterocycles. The Morgan fingerprint density at radius 3 is 2.52 bits per heavy atom. The highest BCUT2D eigenvalue weighted by Crippen LogP contribution is 2.31. The molecule has 1 saturated heterocycles. The number of nitrogens with zero attached hydrogens (tertiary/aromatic N) is 4. The van der Waals surface area contributed by atoms with Crippen LogP contribution in [0.1, 0.15) is 56.5 Å². The number of alkyl halides is 3. The Morgan fingerprint density at radius 2 is 1.89 bits per heavy atom. The molecule has 3 rings (SSSR count). The van der Waals surface area contributed by atoms with Gasteiger partial charge in [-0.2, -0.15) is 17.7 Å². The predicted octanol–water partition coefficient (Wildman–Crippen LogP) is 4.16. The summed E-state index contributed by atoms with van der Waals surface area (Å²) in [5.74, 6) is -0.173. The van der Waals surface area contributed by atoms with Crippen LogP contribution >= 0.6 is 0 Å². The smallest absolute Gasteiger partial charge is 0.378 e. The fraction of sp³-hybridized carbons (Fsp3) is 0.722. The van der Waals surface area contributed by atoms with Crippen molar-refractivity contribution >= 4 is 11.5 Å². The van der Waals surface area contributed by atoms with Crippen molar-refractivity contribution in [3.05, 3.63) is 17.0 Å². The SMILES string of the molecule is CCC(CC)C1CC(Nc2nn3c(C(F)(F)F)nnc3c(C)c2C)CCO1. The standard InChI is InChI=1S/C18H26F3N5O/c1-5-12(6-2)14-9-13(7-8-27-14)22-15-10(3)11(4)16-23-24-17(18(19,20)21)26(16)25-15/h12-14H,5-9H2,1-4H3,(H,22,25). The average molecular weight is 385 g/mol. The molecule has 2 aromatic heterocycles. The highest BCUT2D eigenvalue weighted by Gasteiger charge is 2.38. The van der Waals surface area contributed by atoms with E-state index in [1.54, 1.807) is 6.92 Å². The molecule has 2 aromatic rings. The Balaban J connectivity index is 1.89. The van der Waals surface area contributed by atoms with E-state index in [2.05, 4.69) is 34.5 Å². The molecular weight excluding hydrogens is 359 g/mol. The largest absolute Gasteiger partial charge is 0.453 e. The van der Waals surface area contributed by atoms with Crippen LogP contribution in [0.3, 0.4) is 0 Å². The molecule has 0 spiro atoms. The van der Waals surface area contributed by atoms with E-state index in [0.717, 1.165) is 35.8 Å². The van der Waals surface area contributed by atoms with Gasteiger partial charge in [0.25, 0.3) is 5.82 Å². The fourth-order valence-corrected chi connectivity index (χ4v) is 3.74. The topological polar surface area (TPSA) is 64.3 Å². The van der Waals surface area contributed by atoms with Gasteiger partial charge in [-0.1, -0.05) is 26.7 Å². The molecule has 0 radical (unpaired) electrons. The lowest BCUT2D eigenvalue weighted by molar-refractivity contribution is -0.146. The first-order valence-electron chi connectivity index (χ1n) is 9.44. The molecule has 2 unspecified atom stereocenters. The molecule has 1 fully saturated rings. The third-order valence-corrected chi connectivity index (χ3v) is 5.58. The molecule has 3 heterocycles. The highest BCUT2D eigenvalue weighted by atomic mass is 19.4. The molecule has 0 aromatic carbocycles. The summed E-state index contributed by atoms with van der Waals surface area (Å²) in [5.41, 5.74) is 1.56. The summed E-state index contributed by atoms with van der Waals surface area (Å²) in [5, 5.41) is 14.5. The number of hydrogen-bond donors (Lipinski definition) is 1. The van der Waals surface area contributed by atoms with Crippen LogP contribution in [0.5, 0.6) is 0 Å². The quantitative estimate of drug-likeness (QED) is 0.837. The Kier molecular flexibility index (Phi) is 5.60. The summed E-state index contributed by atoms with van der Waals surface area (Å²) in [6, 6.07) is 0.109. The number of nitrogens with one attached hydrogen (secondary N) is 1. The molecule has 0 saturated carbocycles. The maximum absolute atomic E-state index is 13.2. The van der Waals surface area contributed by atoms with Crippen molar-refractivity contribution in [1.29, 1.82) is 0 Å². The van der Waals surface area contributed by atoms with E-state index in [9.17, 15) is 13.2 Å².